The standard InChI is InChI=1S/C23H31N3O5S/c1-23(2,3)10-7-17-5-6-18(20(32-17)21(28)29)25(4)15-8-11-26(12-9-15)22(30)31-16-13-19(27)24-14-16/h5,15-16H,6,8-9,11-14H2,1-4H3,(H,24,27)(H,28,29)/t16-/m0/s1. The van der Waals surface area contributed by atoms with Crippen LogP contribution in [0.15, 0.2) is 21.6 Å². The minimum absolute atomic E-state index is 0.0995. The van der Waals surface area contributed by atoms with E-state index >= 15 is 0 Å². The zero-order valence-electron chi connectivity index (χ0n) is 19.1. The van der Waals surface area contributed by atoms with Crippen LogP contribution in [-0.4, -0.2) is 71.7 Å². The van der Waals surface area contributed by atoms with Crippen LogP contribution in [0.3, 0.4) is 0 Å². The maximum Gasteiger partial charge on any atom is 0.410 e. The molecule has 3 aliphatic rings. The molecule has 0 aromatic heterocycles. The second-order valence-corrected chi connectivity index (χ2v) is 10.4. The van der Waals surface area contributed by atoms with E-state index < -0.39 is 18.2 Å². The average molecular weight is 462 g/mol. The van der Waals surface area contributed by atoms with Crippen molar-refractivity contribution in [1.82, 2.24) is 15.1 Å². The number of nitrogens with one attached hydrogen (secondary N) is 1. The number of carbonyl (C=O) groups excluding carboxylic acids is 2. The van der Waals surface area contributed by atoms with Crippen molar-refractivity contribution in [3.8, 4) is 11.8 Å². The van der Waals surface area contributed by atoms with E-state index in [1.165, 1.54) is 11.8 Å². The summed E-state index contributed by atoms with van der Waals surface area (Å²) in [5.41, 5.74) is 0.630. The van der Waals surface area contributed by atoms with Crippen LogP contribution in [0.4, 0.5) is 4.79 Å². The van der Waals surface area contributed by atoms with Crippen LogP contribution in [0.1, 0.15) is 46.5 Å². The number of allylic oxidation sites excluding steroid dienone is 2. The third-order valence-electron chi connectivity index (χ3n) is 5.61. The van der Waals surface area contributed by atoms with Crippen molar-refractivity contribution >= 4 is 29.7 Å². The SMILES string of the molecule is CN(C1=C(C(=O)O)SC(C#CC(C)(C)C)=CC1)C1CCN(C(=O)O[C@@H]2CNC(=O)C2)CC1. The Balaban J connectivity index is 1.59. The van der Waals surface area contributed by atoms with Crippen LogP contribution >= 0.6 is 11.8 Å². The number of likely N-dealkylation sites (tertiary alicyclic amines) is 1. The van der Waals surface area contributed by atoms with Crippen LogP contribution in [0.25, 0.3) is 0 Å². The second-order valence-electron chi connectivity index (χ2n) is 9.30. The van der Waals surface area contributed by atoms with Crippen LogP contribution in [0.5, 0.6) is 0 Å². The highest BCUT2D eigenvalue weighted by molar-refractivity contribution is 8.07. The number of hydrogen-bond acceptors (Lipinski definition) is 6. The first kappa shape index (κ1) is 24.1. The van der Waals surface area contributed by atoms with Crippen molar-refractivity contribution in [3.05, 3.63) is 21.6 Å². The lowest BCUT2D eigenvalue weighted by molar-refractivity contribution is -0.132. The van der Waals surface area contributed by atoms with Gasteiger partial charge in [-0.1, -0.05) is 29.7 Å². The van der Waals surface area contributed by atoms with Gasteiger partial charge < -0.3 is 25.0 Å². The number of carbonyl (C=O) groups is 3. The number of hydrogen-bond donors (Lipinski definition) is 2. The molecule has 2 saturated heterocycles. The zero-order valence-corrected chi connectivity index (χ0v) is 19.9. The Morgan fingerprint density at radius 3 is 2.56 bits per heavy atom. The summed E-state index contributed by atoms with van der Waals surface area (Å²) in [5.74, 6) is 5.23. The van der Waals surface area contributed by atoms with Gasteiger partial charge in [0.2, 0.25) is 5.91 Å². The highest BCUT2D eigenvalue weighted by atomic mass is 32.2. The Bertz CT molecular complexity index is 901. The van der Waals surface area contributed by atoms with Crippen LogP contribution in [0.2, 0.25) is 0 Å². The van der Waals surface area contributed by atoms with E-state index in [1.54, 1.807) is 4.90 Å². The third-order valence-corrected chi connectivity index (χ3v) is 6.72. The number of piperidine rings is 1. The molecule has 0 saturated carbocycles. The first-order valence-corrected chi connectivity index (χ1v) is 11.7. The third kappa shape index (κ3) is 6.22. The summed E-state index contributed by atoms with van der Waals surface area (Å²) >= 11 is 1.21. The molecule has 2 N–H and O–H groups in total. The van der Waals surface area contributed by atoms with Gasteiger partial charge in [-0.15, -0.1) is 0 Å². The maximum absolute atomic E-state index is 12.4. The van der Waals surface area contributed by atoms with Crippen molar-refractivity contribution in [2.75, 3.05) is 26.7 Å². The molecule has 0 unspecified atom stereocenters. The van der Waals surface area contributed by atoms with Gasteiger partial charge in [0.15, 0.2) is 0 Å². The molecule has 32 heavy (non-hydrogen) atoms. The molecule has 9 heteroatoms. The molecular weight excluding hydrogens is 430 g/mol. The lowest BCUT2D eigenvalue weighted by atomic mass is 9.98. The monoisotopic (exact) mass is 461 g/mol. The van der Waals surface area contributed by atoms with E-state index in [0.29, 0.717) is 31.0 Å². The number of carboxylic acids is 1. The predicted molar refractivity (Wildman–Crippen MR) is 122 cm³/mol. The molecule has 0 aromatic carbocycles. The Hall–Kier alpha value is -2.60. The van der Waals surface area contributed by atoms with Gasteiger partial charge in [0, 0.05) is 43.7 Å². The highest BCUT2D eigenvalue weighted by Gasteiger charge is 2.32. The van der Waals surface area contributed by atoms with Crippen molar-refractivity contribution in [2.45, 2.75) is 58.6 Å². The molecule has 3 heterocycles. The van der Waals surface area contributed by atoms with Gasteiger partial charge in [-0.25, -0.2) is 9.59 Å². The molecule has 0 aromatic rings. The largest absolute Gasteiger partial charge is 0.477 e. The van der Waals surface area contributed by atoms with Gasteiger partial charge in [-0.2, -0.15) is 0 Å². The van der Waals surface area contributed by atoms with E-state index in [2.05, 4.69) is 17.2 Å². The van der Waals surface area contributed by atoms with E-state index in [0.717, 1.165) is 23.4 Å². The normalized spacial score (nSPS) is 22.0. The molecule has 2 amide bonds. The smallest absolute Gasteiger partial charge is 0.410 e. The molecule has 0 spiro atoms. The van der Waals surface area contributed by atoms with Gasteiger partial charge in [-0.05, 0) is 33.6 Å². The topological polar surface area (TPSA) is 99.2 Å². The summed E-state index contributed by atoms with van der Waals surface area (Å²) in [6.07, 6.45) is 3.36. The van der Waals surface area contributed by atoms with Crippen molar-refractivity contribution < 1.29 is 24.2 Å². The highest BCUT2D eigenvalue weighted by Crippen LogP contribution is 2.37. The van der Waals surface area contributed by atoms with E-state index in [4.69, 9.17) is 4.74 Å². The number of aliphatic carboxylic acids is 1. The summed E-state index contributed by atoms with van der Waals surface area (Å²) in [7, 11) is 1.92. The molecule has 8 nitrogen and oxygen atoms in total. The minimum Gasteiger partial charge on any atom is -0.477 e. The summed E-state index contributed by atoms with van der Waals surface area (Å²) in [6.45, 7) is 7.49. The maximum atomic E-state index is 12.4. The lowest BCUT2D eigenvalue weighted by Gasteiger charge is -2.39. The fraction of sp³-hybridized carbons (Fsp3) is 0.609. The molecule has 0 aliphatic carbocycles. The van der Waals surface area contributed by atoms with Crippen molar-refractivity contribution in [1.29, 1.82) is 0 Å². The summed E-state index contributed by atoms with van der Waals surface area (Å²) in [4.78, 5) is 40.4. The Morgan fingerprint density at radius 1 is 1.31 bits per heavy atom. The van der Waals surface area contributed by atoms with E-state index in [-0.39, 0.29) is 23.8 Å². The Morgan fingerprint density at radius 2 is 2.00 bits per heavy atom. The minimum atomic E-state index is -0.944. The fourth-order valence-electron chi connectivity index (χ4n) is 3.82. The Labute approximate surface area is 193 Å². The predicted octanol–water partition coefficient (Wildman–Crippen LogP) is 2.77. The number of ether oxygens (including phenoxy) is 1. The lowest BCUT2D eigenvalue weighted by Crippen LogP contribution is -2.46. The number of thioether (sulfide) groups is 1. The van der Waals surface area contributed by atoms with Crippen LogP contribution in [-0.2, 0) is 14.3 Å². The quantitative estimate of drug-likeness (QED) is 0.621. The number of amides is 2. The number of carboxylic acid groups (broad SMARTS) is 1. The second kappa shape index (κ2) is 9.90. The Kier molecular flexibility index (Phi) is 7.44. The van der Waals surface area contributed by atoms with Gasteiger partial charge in [0.1, 0.15) is 11.0 Å². The molecule has 2 fully saturated rings. The van der Waals surface area contributed by atoms with Gasteiger partial charge in [-0.3, -0.25) is 4.79 Å². The van der Waals surface area contributed by atoms with Crippen LogP contribution < -0.4 is 5.32 Å². The summed E-state index contributed by atoms with van der Waals surface area (Å²) in [5, 5.41) is 12.4. The first-order chi connectivity index (χ1) is 15.0. The molecule has 0 radical (unpaired) electrons. The van der Waals surface area contributed by atoms with E-state index in [9.17, 15) is 19.5 Å². The number of rotatable bonds is 4. The van der Waals surface area contributed by atoms with Crippen molar-refractivity contribution in [2.24, 2.45) is 5.41 Å². The first-order valence-electron chi connectivity index (χ1n) is 10.9. The number of nitrogens with zero attached hydrogens (tertiary/aromatic N) is 2. The molecule has 0 bridgehead atoms. The molecule has 174 valence electrons. The van der Waals surface area contributed by atoms with E-state index in [1.807, 2.05) is 38.8 Å². The summed E-state index contributed by atoms with van der Waals surface area (Å²) < 4.78 is 5.42. The molecule has 3 aliphatic heterocycles. The average Bonchev–Trinajstić information content (AvgIpc) is 3.15. The van der Waals surface area contributed by atoms with Gasteiger partial charge in [0.25, 0.3) is 0 Å². The zero-order chi connectivity index (χ0) is 23.5. The van der Waals surface area contributed by atoms with Crippen molar-refractivity contribution in [3.63, 3.8) is 0 Å². The van der Waals surface area contributed by atoms with Crippen LogP contribution in [0, 0.1) is 17.3 Å². The van der Waals surface area contributed by atoms with Gasteiger partial charge in [0.05, 0.1) is 17.9 Å². The fourth-order valence-corrected chi connectivity index (χ4v) is 4.75. The van der Waals surface area contributed by atoms with Gasteiger partial charge >= 0.3 is 12.1 Å². The summed E-state index contributed by atoms with van der Waals surface area (Å²) in [6, 6.07) is 0.134. The molecular formula is C23H31N3O5S. The molecule has 1 atom stereocenters. The molecule has 3 rings (SSSR count).